The Labute approximate surface area is 137 Å². The zero-order valence-corrected chi connectivity index (χ0v) is 14.4. The fourth-order valence-electron chi connectivity index (χ4n) is 3.53. The largest absolute Gasteiger partial charge is 0.379 e. The number of anilines is 1. The molecule has 0 saturated carbocycles. The van der Waals surface area contributed by atoms with Crippen LogP contribution in [0.4, 0.5) is 5.69 Å². The van der Waals surface area contributed by atoms with Crippen LogP contribution in [0, 0.1) is 0 Å². The zero-order valence-electron chi connectivity index (χ0n) is 13.6. The molecule has 3 rings (SSSR count). The highest BCUT2D eigenvalue weighted by molar-refractivity contribution is 7.80. The first kappa shape index (κ1) is 15.0. The molecule has 0 fully saturated rings. The predicted molar refractivity (Wildman–Crippen MR) is 99.7 cm³/mol. The molecule has 0 unspecified atom stereocenters. The summed E-state index contributed by atoms with van der Waals surface area (Å²) in [6.45, 7) is 7.71. The highest BCUT2D eigenvalue weighted by Gasteiger charge is 2.40. The minimum atomic E-state index is -0.0624. The van der Waals surface area contributed by atoms with E-state index >= 15 is 0 Å². The van der Waals surface area contributed by atoms with Crippen molar-refractivity contribution in [3.8, 4) is 0 Å². The Morgan fingerprint density at radius 2 is 1.95 bits per heavy atom. The van der Waals surface area contributed by atoms with Gasteiger partial charge in [-0.1, -0.05) is 56.4 Å². The van der Waals surface area contributed by atoms with E-state index in [1.165, 1.54) is 27.7 Å². The molecule has 1 N–H and O–H groups in total. The summed E-state index contributed by atoms with van der Waals surface area (Å²) in [5.74, 6) is 0. The smallest absolute Gasteiger partial charge is 0.100 e. The first-order chi connectivity index (χ1) is 10.5. The lowest BCUT2D eigenvalue weighted by atomic mass is 9.81. The second kappa shape index (κ2) is 5.40. The number of rotatable bonds is 2. The Morgan fingerprint density at radius 3 is 2.64 bits per heavy atom. The van der Waals surface area contributed by atoms with Crippen LogP contribution >= 0.6 is 12.2 Å². The van der Waals surface area contributed by atoms with E-state index in [1.807, 2.05) is 7.05 Å². The summed E-state index contributed by atoms with van der Waals surface area (Å²) in [5, 5.41) is 5.70. The van der Waals surface area contributed by atoms with Crippen LogP contribution in [0.1, 0.15) is 26.3 Å². The summed E-state index contributed by atoms with van der Waals surface area (Å²) in [4.78, 5) is 3.16. The van der Waals surface area contributed by atoms with Gasteiger partial charge in [-0.2, -0.15) is 0 Å². The van der Waals surface area contributed by atoms with E-state index < -0.39 is 0 Å². The number of likely N-dealkylation sites (N-methyl/N-ethyl adjacent to an activating group) is 2. The van der Waals surface area contributed by atoms with E-state index in [0.717, 1.165) is 11.5 Å². The number of allylic oxidation sites excluding steroid dienone is 1. The van der Waals surface area contributed by atoms with Crippen LogP contribution in [0.3, 0.4) is 0 Å². The molecule has 2 aromatic rings. The molecule has 1 aliphatic heterocycles. The maximum atomic E-state index is 5.39. The van der Waals surface area contributed by atoms with E-state index in [-0.39, 0.29) is 5.41 Å². The Hall–Kier alpha value is -1.87. The minimum Gasteiger partial charge on any atom is -0.379 e. The molecule has 22 heavy (non-hydrogen) atoms. The molecular formula is C19H22N2S. The van der Waals surface area contributed by atoms with Crippen LogP contribution in [-0.4, -0.2) is 18.6 Å². The third-order valence-corrected chi connectivity index (χ3v) is 4.91. The van der Waals surface area contributed by atoms with Gasteiger partial charge in [0.2, 0.25) is 0 Å². The fourth-order valence-corrected chi connectivity index (χ4v) is 3.64. The van der Waals surface area contributed by atoms with Crippen LogP contribution < -0.4 is 10.2 Å². The Balaban J connectivity index is 2.31. The van der Waals surface area contributed by atoms with E-state index in [0.29, 0.717) is 0 Å². The van der Waals surface area contributed by atoms with E-state index in [9.17, 15) is 0 Å². The molecule has 114 valence electrons. The van der Waals surface area contributed by atoms with E-state index in [2.05, 4.69) is 73.5 Å². The van der Waals surface area contributed by atoms with Gasteiger partial charge in [-0.15, -0.1) is 0 Å². The van der Waals surface area contributed by atoms with Gasteiger partial charge in [0.15, 0.2) is 0 Å². The predicted octanol–water partition coefficient (Wildman–Crippen LogP) is 4.39. The lowest BCUT2D eigenvalue weighted by Gasteiger charge is -2.26. The molecule has 0 spiro atoms. The summed E-state index contributed by atoms with van der Waals surface area (Å²) < 4.78 is 0. The van der Waals surface area contributed by atoms with Crippen LogP contribution in [0.25, 0.3) is 10.8 Å². The van der Waals surface area contributed by atoms with E-state index in [1.54, 1.807) is 0 Å². The number of hydrogen-bond acceptors (Lipinski definition) is 2. The SMILES string of the molecule is CCN1C(=CC(=S)NC)C(C)(C)c2c1ccc1ccccc21. The number of benzene rings is 2. The van der Waals surface area contributed by atoms with Crippen molar-refractivity contribution in [3.63, 3.8) is 0 Å². The molecule has 0 saturated heterocycles. The standard InChI is InChI=1S/C19H22N2S/c1-5-21-15-11-10-13-8-6-7-9-14(13)18(15)19(2,3)16(21)12-17(22)20-4/h6-12H,5H2,1-4H3,(H,20,22). The van der Waals surface area contributed by atoms with Crippen molar-refractivity contribution in [3.05, 3.63) is 53.7 Å². The van der Waals surface area contributed by atoms with Gasteiger partial charge in [0.1, 0.15) is 4.99 Å². The quantitative estimate of drug-likeness (QED) is 0.654. The van der Waals surface area contributed by atoms with Gasteiger partial charge >= 0.3 is 0 Å². The Morgan fingerprint density at radius 1 is 1.23 bits per heavy atom. The number of fused-ring (bicyclic) bond motifs is 3. The van der Waals surface area contributed by atoms with Crippen LogP contribution in [0.5, 0.6) is 0 Å². The van der Waals surface area contributed by atoms with Crippen molar-refractivity contribution in [1.82, 2.24) is 5.32 Å². The van der Waals surface area contributed by atoms with Crippen molar-refractivity contribution < 1.29 is 0 Å². The van der Waals surface area contributed by atoms with Crippen molar-refractivity contribution >= 4 is 33.7 Å². The molecule has 0 aliphatic carbocycles. The number of thiocarbonyl (C=S) groups is 1. The van der Waals surface area contributed by atoms with Gasteiger partial charge in [-0.25, -0.2) is 0 Å². The molecule has 2 aromatic carbocycles. The van der Waals surface area contributed by atoms with Gasteiger partial charge < -0.3 is 10.2 Å². The molecule has 0 atom stereocenters. The van der Waals surface area contributed by atoms with Crippen molar-refractivity contribution in [2.24, 2.45) is 0 Å². The Bertz CT molecular complexity index is 774. The second-order valence-electron chi connectivity index (χ2n) is 6.19. The van der Waals surface area contributed by atoms with Gasteiger partial charge in [0.05, 0.1) is 0 Å². The number of nitrogens with one attached hydrogen (secondary N) is 1. The van der Waals surface area contributed by atoms with E-state index in [4.69, 9.17) is 12.2 Å². The first-order valence-electron chi connectivity index (χ1n) is 7.74. The summed E-state index contributed by atoms with van der Waals surface area (Å²) in [6, 6.07) is 13.1. The van der Waals surface area contributed by atoms with Crippen molar-refractivity contribution in [1.29, 1.82) is 0 Å². The third-order valence-electron chi connectivity index (χ3n) is 4.58. The summed E-state index contributed by atoms with van der Waals surface area (Å²) in [5.41, 5.74) is 3.90. The normalized spacial score (nSPS) is 17.8. The van der Waals surface area contributed by atoms with Gasteiger partial charge in [-0.05, 0) is 35.4 Å². The zero-order chi connectivity index (χ0) is 15.9. The van der Waals surface area contributed by atoms with Crippen LogP contribution in [-0.2, 0) is 5.41 Å². The van der Waals surface area contributed by atoms with Crippen LogP contribution in [0.15, 0.2) is 48.2 Å². The molecule has 1 heterocycles. The third kappa shape index (κ3) is 2.12. The molecule has 0 amide bonds. The van der Waals surface area contributed by atoms with Crippen LogP contribution in [0.2, 0.25) is 0 Å². The lowest BCUT2D eigenvalue weighted by molar-refractivity contribution is 0.639. The molecular weight excluding hydrogens is 288 g/mol. The molecule has 0 radical (unpaired) electrons. The summed E-state index contributed by atoms with van der Waals surface area (Å²) in [7, 11) is 1.88. The Kier molecular flexibility index (Phi) is 3.69. The average molecular weight is 310 g/mol. The minimum absolute atomic E-state index is 0.0624. The lowest BCUT2D eigenvalue weighted by Crippen LogP contribution is -2.28. The molecule has 3 heteroatoms. The van der Waals surface area contributed by atoms with Crippen molar-refractivity contribution in [2.45, 2.75) is 26.2 Å². The van der Waals surface area contributed by atoms with Gasteiger partial charge in [0.25, 0.3) is 0 Å². The molecule has 0 bridgehead atoms. The second-order valence-corrected chi connectivity index (χ2v) is 6.63. The molecule has 2 nitrogen and oxygen atoms in total. The average Bonchev–Trinajstić information content (AvgIpc) is 2.74. The molecule has 1 aliphatic rings. The topological polar surface area (TPSA) is 15.3 Å². The summed E-state index contributed by atoms with van der Waals surface area (Å²) >= 11 is 5.39. The first-order valence-corrected chi connectivity index (χ1v) is 8.15. The monoisotopic (exact) mass is 310 g/mol. The van der Waals surface area contributed by atoms with Gasteiger partial charge in [0, 0.05) is 30.4 Å². The maximum Gasteiger partial charge on any atom is 0.100 e. The highest BCUT2D eigenvalue weighted by Crippen LogP contribution is 2.50. The maximum absolute atomic E-state index is 5.39. The number of nitrogens with zero attached hydrogens (tertiary/aromatic N) is 1. The molecule has 0 aromatic heterocycles. The fraction of sp³-hybridized carbons (Fsp3) is 0.316. The number of hydrogen-bond donors (Lipinski definition) is 1. The van der Waals surface area contributed by atoms with Gasteiger partial charge in [-0.3, -0.25) is 0 Å². The highest BCUT2D eigenvalue weighted by atomic mass is 32.1. The summed E-state index contributed by atoms with van der Waals surface area (Å²) in [6.07, 6.45) is 2.10. The van der Waals surface area contributed by atoms with Crippen molar-refractivity contribution in [2.75, 3.05) is 18.5 Å².